The summed E-state index contributed by atoms with van der Waals surface area (Å²) in [5.41, 5.74) is 0.176. The predicted molar refractivity (Wildman–Crippen MR) is 79.1 cm³/mol. The Hall–Kier alpha value is -1.06. The van der Waals surface area contributed by atoms with E-state index in [1.807, 2.05) is 18.7 Å². The monoisotopic (exact) mass is 280 g/mol. The van der Waals surface area contributed by atoms with E-state index in [-0.39, 0.29) is 35.2 Å². The molecule has 2 amide bonds. The maximum absolute atomic E-state index is 12.7. The molecule has 20 heavy (non-hydrogen) atoms. The standard InChI is InChI=1S/C16H28N2O2/c1-10(2)12-15(20)18(9-8-16(3,4)5)13(11-6-7-11)14(19)17-12/h10-13H,6-9H2,1-5H3,(H,17,19). The summed E-state index contributed by atoms with van der Waals surface area (Å²) in [5, 5.41) is 2.93. The van der Waals surface area contributed by atoms with Crippen molar-refractivity contribution in [2.75, 3.05) is 6.54 Å². The molecule has 4 nitrogen and oxygen atoms in total. The van der Waals surface area contributed by atoms with Gasteiger partial charge in [-0.3, -0.25) is 9.59 Å². The lowest BCUT2D eigenvalue weighted by molar-refractivity contribution is -0.151. The molecule has 114 valence electrons. The highest BCUT2D eigenvalue weighted by molar-refractivity contribution is 5.97. The minimum absolute atomic E-state index is 0.0553. The number of hydrogen-bond acceptors (Lipinski definition) is 2. The molecule has 2 rings (SSSR count). The van der Waals surface area contributed by atoms with Gasteiger partial charge in [-0.25, -0.2) is 0 Å². The van der Waals surface area contributed by atoms with Crippen molar-refractivity contribution in [1.29, 1.82) is 0 Å². The maximum Gasteiger partial charge on any atom is 0.246 e. The van der Waals surface area contributed by atoms with Crippen molar-refractivity contribution >= 4 is 11.8 Å². The number of piperazine rings is 1. The summed E-state index contributed by atoms with van der Waals surface area (Å²) in [4.78, 5) is 26.9. The molecule has 2 unspecified atom stereocenters. The van der Waals surface area contributed by atoms with Crippen LogP contribution < -0.4 is 5.32 Å². The van der Waals surface area contributed by atoms with Crippen LogP contribution in [0.4, 0.5) is 0 Å². The van der Waals surface area contributed by atoms with Crippen molar-refractivity contribution in [2.45, 2.75) is 66.0 Å². The van der Waals surface area contributed by atoms with E-state index >= 15 is 0 Å². The molecule has 1 N–H and O–H groups in total. The van der Waals surface area contributed by atoms with Crippen LogP contribution in [0.3, 0.4) is 0 Å². The van der Waals surface area contributed by atoms with Gasteiger partial charge in [-0.2, -0.15) is 0 Å². The second-order valence-electron chi connectivity index (χ2n) is 7.85. The lowest BCUT2D eigenvalue weighted by Gasteiger charge is -2.41. The van der Waals surface area contributed by atoms with E-state index in [2.05, 4.69) is 26.1 Å². The first kappa shape index (κ1) is 15.3. The number of carbonyl (C=O) groups is 2. The molecule has 0 radical (unpaired) electrons. The number of carbonyl (C=O) groups excluding carboxylic acids is 2. The van der Waals surface area contributed by atoms with Crippen molar-refractivity contribution in [2.24, 2.45) is 17.3 Å². The van der Waals surface area contributed by atoms with Crippen LogP contribution >= 0.6 is 0 Å². The average Bonchev–Trinajstić information content (AvgIpc) is 3.11. The van der Waals surface area contributed by atoms with E-state index in [0.29, 0.717) is 12.5 Å². The molecule has 0 aromatic heterocycles. The van der Waals surface area contributed by atoms with Gasteiger partial charge >= 0.3 is 0 Å². The van der Waals surface area contributed by atoms with Crippen LogP contribution in [-0.2, 0) is 9.59 Å². The van der Waals surface area contributed by atoms with Crippen molar-refractivity contribution in [1.82, 2.24) is 10.2 Å². The van der Waals surface area contributed by atoms with Gasteiger partial charge in [-0.05, 0) is 36.5 Å². The molecule has 0 aromatic carbocycles. The number of rotatable bonds is 4. The molecule has 1 aliphatic heterocycles. The van der Waals surface area contributed by atoms with Crippen molar-refractivity contribution in [3.05, 3.63) is 0 Å². The van der Waals surface area contributed by atoms with Crippen LogP contribution in [0.15, 0.2) is 0 Å². The van der Waals surface area contributed by atoms with Crippen LogP contribution in [0.1, 0.15) is 53.9 Å². The highest BCUT2D eigenvalue weighted by Gasteiger charge is 2.48. The molecule has 0 spiro atoms. The van der Waals surface area contributed by atoms with Gasteiger partial charge in [0.05, 0.1) is 0 Å². The van der Waals surface area contributed by atoms with E-state index in [4.69, 9.17) is 0 Å². The van der Waals surface area contributed by atoms with Gasteiger partial charge in [0, 0.05) is 6.54 Å². The Bertz CT molecular complexity index is 394. The minimum atomic E-state index is -0.350. The Kier molecular flexibility index (Phi) is 4.12. The van der Waals surface area contributed by atoms with E-state index in [1.165, 1.54) is 0 Å². The Balaban J connectivity index is 2.15. The number of hydrogen-bond donors (Lipinski definition) is 1. The highest BCUT2D eigenvalue weighted by atomic mass is 16.2. The molecule has 1 saturated carbocycles. The van der Waals surface area contributed by atoms with Crippen LogP contribution in [0.25, 0.3) is 0 Å². The summed E-state index contributed by atoms with van der Waals surface area (Å²) in [7, 11) is 0. The zero-order chi connectivity index (χ0) is 15.1. The van der Waals surface area contributed by atoms with Crippen LogP contribution in [-0.4, -0.2) is 35.3 Å². The van der Waals surface area contributed by atoms with Crippen molar-refractivity contribution in [3.8, 4) is 0 Å². The summed E-state index contributed by atoms with van der Waals surface area (Å²) in [6.45, 7) is 11.2. The van der Waals surface area contributed by atoms with E-state index in [9.17, 15) is 9.59 Å². The van der Waals surface area contributed by atoms with Crippen LogP contribution in [0.2, 0.25) is 0 Å². The number of nitrogens with one attached hydrogen (secondary N) is 1. The van der Waals surface area contributed by atoms with Crippen molar-refractivity contribution < 1.29 is 9.59 Å². The van der Waals surface area contributed by atoms with Gasteiger partial charge < -0.3 is 10.2 Å². The maximum atomic E-state index is 12.7. The molecular formula is C16H28N2O2. The summed E-state index contributed by atoms with van der Waals surface area (Å²) in [6.07, 6.45) is 3.08. The third-order valence-electron chi connectivity index (χ3n) is 4.29. The van der Waals surface area contributed by atoms with Gasteiger partial charge in [0.15, 0.2) is 0 Å². The van der Waals surface area contributed by atoms with Gasteiger partial charge in [0.1, 0.15) is 12.1 Å². The van der Waals surface area contributed by atoms with E-state index in [0.717, 1.165) is 19.3 Å². The third kappa shape index (κ3) is 3.33. The van der Waals surface area contributed by atoms with Crippen LogP contribution in [0.5, 0.6) is 0 Å². The second kappa shape index (κ2) is 5.38. The zero-order valence-electron chi connectivity index (χ0n) is 13.4. The Morgan fingerprint density at radius 1 is 1.25 bits per heavy atom. The molecule has 2 aliphatic rings. The fraction of sp³-hybridized carbons (Fsp3) is 0.875. The summed E-state index contributed by atoms with van der Waals surface area (Å²) >= 11 is 0. The predicted octanol–water partition coefficient (Wildman–Crippen LogP) is 2.18. The SMILES string of the molecule is CC(C)C1NC(=O)C(C2CC2)N(CCC(C)(C)C)C1=O. The number of nitrogens with zero attached hydrogens (tertiary/aromatic N) is 1. The molecule has 1 saturated heterocycles. The quantitative estimate of drug-likeness (QED) is 0.858. The lowest BCUT2D eigenvalue weighted by Crippen LogP contribution is -2.65. The molecule has 1 heterocycles. The van der Waals surface area contributed by atoms with Crippen LogP contribution in [0, 0.1) is 17.3 Å². The first-order valence-corrected chi connectivity index (χ1v) is 7.81. The average molecular weight is 280 g/mol. The zero-order valence-corrected chi connectivity index (χ0v) is 13.4. The highest BCUT2D eigenvalue weighted by Crippen LogP contribution is 2.38. The van der Waals surface area contributed by atoms with E-state index in [1.54, 1.807) is 0 Å². The molecule has 1 aliphatic carbocycles. The first-order valence-electron chi connectivity index (χ1n) is 7.81. The molecule has 4 heteroatoms. The fourth-order valence-electron chi connectivity index (χ4n) is 2.80. The first-order chi connectivity index (χ1) is 9.20. The molecule has 0 aromatic rings. The molecule has 0 bridgehead atoms. The number of amides is 2. The summed E-state index contributed by atoms with van der Waals surface area (Å²) < 4.78 is 0. The molecule has 2 fully saturated rings. The topological polar surface area (TPSA) is 49.4 Å². The Labute approximate surface area is 122 Å². The van der Waals surface area contributed by atoms with Gasteiger partial charge in [-0.15, -0.1) is 0 Å². The Morgan fingerprint density at radius 3 is 2.30 bits per heavy atom. The second-order valence-corrected chi connectivity index (χ2v) is 7.85. The van der Waals surface area contributed by atoms with Crippen molar-refractivity contribution in [3.63, 3.8) is 0 Å². The normalized spacial score (nSPS) is 28.0. The van der Waals surface area contributed by atoms with Gasteiger partial charge in [0.25, 0.3) is 0 Å². The minimum Gasteiger partial charge on any atom is -0.342 e. The smallest absolute Gasteiger partial charge is 0.246 e. The largest absolute Gasteiger partial charge is 0.342 e. The Morgan fingerprint density at radius 2 is 1.85 bits per heavy atom. The molecular weight excluding hydrogens is 252 g/mol. The molecule has 2 atom stereocenters. The summed E-state index contributed by atoms with van der Waals surface area (Å²) in [6, 6.07) is -0.572. The van der Waals surface area contributed by atoms with Gasteiger partial charge in [-0.1, -0.05) is 34.6 Å². The third-order valence-corrected chi connectivity index (χ3v) is 4.29. The fourth-order valence-corrected chi connectivity index (χ4v) is 2.80. The van der Waals surface area contributed by atoms with Gasteiger partial charge in [0.2, 0.25) is 11.8 Å². The lowest BCUT2D eigenvalue weighted by atomic mass is 9.90. The summed E-state index contributed by atoms with van der Waals surface area (Å²) in [5.74, 6) is 0.691. The van der Waals surface area contributed by atoms with E-state index < -0.39 is 0 Å².